The Labute approximate surface area is 62.0 Å². The molecule has 0 spiro atoms. The van der Waals surface area contributed by atoms with Gasteiger partial charge in [0.2, 0.25) is 5.91 Å². The minimum atomic E-state index is 0.0967. The molecule has 1 aliphatic rings. The fourth-order valence-corrected chi connectivity index (χ4v) is 1.38. The Morgan fingerprint density at radius 2 is 2.20 bits per heavy atom. The molecular weight excluding hydrogens is 126 g/mol. The largest absolute Gasteiger partial charge is 0.354 e. The van der Waals surface area contributed by atoms with E-state index in [-0.39, 0.29) is 5.91 Å². The second-order valence-corrected chi connectivity index (χ2v) is 3.18. The number of carbonyl (C=O) groups excluding carboxylic acids is 1. The predicted molar refractivity (Wildman–Crippen MR) is 40.6 cm³/mol. The van der Waals surface area contributed by atoms with Gasteiger partial charge in [-0.3, -0.25) is 4.79 Å². The van der Waals surface area contributed by atoms with E-state index in [2.05, 4.69) is 12.2 Å². The first-order valence-corrected chi connectivity index (χ1v) is 3.97. The monoisotopic (exact) mass is 141 g/mol. The van der Waals surface area contributed by atoms with E-state index in [1.807, 2.05) is 0 Å². The Morgan fingerprint density at radius 3 is 2.50 bits per heavy atom. The minimum absolute atomic E-state index is 0.0967. The summed E-state index contributed by atoms with van der Waals surface area (Å²) in [4.78, 5) is 10.6. The van der Waals surface area contributed by atoms with Crippen molar-refractivity contribution in [2.75, 3.05) is 0 Å². The highest BCUT2D eigenvalue weighted by Gasteiger charge is 2.23. The van der Waals surface area contributed by atoms with Gasteiger partial charge in [-0.15, -0.1) is 0 Å². The smallest absolute Gasteiger partial charge is 0.217 e. The summed E-state index contributed by atoms with van der Waals surface area (Å²) in [6.07, 6.45) is 3.93. The van der Waals surface area contributed by atoms with Crippen LogP contribution in [-0.2, 0) is 4.79 Å². The number of nitrogens with one attached hydrogen (secondary N) is 1. The number of hydrogen-bond acceptors (Lipinski definition) is 1. The SMILES string of the molecule is CC(=O)N[C@H](C)C1CCC1. The van der Waals surface area contributed by atoms with Crippen LogP contribution in [0.5, 0.6) is 0 Å². The van der Waals surface area contributed by atoms with Crippen molar-refractivity contribution in [1.82, 2.24) is 5.32 Å². The number of carbonyl (C=O) groups is 1. The van der Waals surface area contributed by atoms with Crippen molar-refractivity contribution in [3.05, 3.63) is 0 Å². The molecule has 1 atom stereocenters. The van der Waals surface area contributed by atoms with Crippen LogP contribution in [0.3, 0.4) is 0 Å². The molecule has 1 N–H and O–H groups in total. The van der Waals surface area contributed by atoms with Crippen LogP contribution in [0.4, 0.5) is 0 Å². The standard InChI is InChI=1S/C8H15NO/c1-6(9-7(2)10)8-4-3-5-8/h6,8H,3-5H2,1-2H3,(H,9,10)/t6-/m1/s1. The second-order valence-electron chi connectivity index (χ2n) is 3.18. The fourth-order valence-electron chi connectivity index (χ4n) is 1.38. The lowest BCUT2D eigenvalue weighted by Gasteiger charge is -2.31. The molecule has 0 heterocycles. The summed E-state index contributed by atoms with van der Waals surface area (Å²) < 4.78 is 0. The molecule has 0 aliphatic heterocycles. The Morgan fingerprint density at radius 1 is 1.60 bits per heavy atom. The third kappa shape index (κ3) is 1.72. The van der Waals surface area contributed by atoms with E-state index in [1.165, 1.54) is 19.3 Å². The molecular formula is C8H15NO. The van der Waals surface area contributed by atoms with Crippen molar-refractivity contribution in [3.8, 4) is 0 Å². The number of amides is 1. The summed E-state index contributed by atoms with van der Waals surface area (Å²) >= 11 is 0. The zero-order valence-corrected chi connectivity index (χ0v) is 6.68. The van der Waals surface area contributed by atoms with Gasteiger partial charge in [-0.1, -0.05) is 6.42 Å². The molecule has 1 saturated carbocycles. The van der Waals surface area contributed by atoms with Gasteiger partial charge in [0.05, 0.1) is 0 Å². The first-order chi connectivity index (χ1) is 4.70. The quantitative estimate of drug-likeness (QED) is 0.617. The lowest BCUT2D eigenvalue weighted by atomic mass is 9.80. The first-order valence-electron chi connectivity index (χ1n) is 3.97. The molecule has 0 unspecified atom stereocenters. The van der Waals surface area contributed by atoms with Crippen LogP contribution in [0.2, 0.25) is 0 Å². The van der Waals surface area contributed by atoms with Gasteiger partial charge in [-0.25, -0.2) is 0 Å². The molecule has 0 radical (unpaired) electrons. The van der Waals surface area contributed by atoms with E-state index in [0.29, 0.717) is 6.04 Å². The number of rotatable bonds is 2. The Kier molecular flexibility index (Phi) is 2.30. The molecule has 1 amide bonds. The van der Waals surface area contributed by atoms with Crippen molar-refractivity contribution < 1.29 is 4.79 Å². The van der Waals surface area contributed by atoms with Gasteiger partial charge in [0.1, 0.15) is 0 Å². The maximum Gasteiger partial charge on any atom is 0.217 e. The van der Waals surface area contributed by atoms with Gasteiger partial charge < -0.3 is 5.32 Å². The van der Waals surface area contributed by atoms with Gasteiger partial charge in [-0.05, 0) is 25.7 Å². The second kappa shape index (κ2) is 3.04. The average Bonchev–Trinajstić information content (AvgIpc) is 1.55. The van der Waals surface area contributed by atoms with Gasteiger partial charge in [0.25, 0.3) is 0 Å². The van der Waals surface area contributed by atoms with Crippen LogP contribution in [-0.4, -0.2) is 11.9 Å². The third-order valence-corrected chi connectivity index (χ3v) is 2.29. The van der Waals surface area contributed by atoms with Crippen LogP contribution < -0.4 is 5.32 Å². The highest BCUT2D eigenvalue weighted by molar-refractivity contribution is 5.73. The molecule has 1 fully saturated rings. The third-order valence-electron chi connectivity index (χ3n) is 2.29. The molecule has 2 nitrogen and oxygen atoms in total. The zero-order chi connectivity index (χ0) is 7.56. The summed E-state index contributed by atoms with van der Waals surface area (Å²) in [5, 5.41) is 2.91. The average molecular weight is 141 g/mol. The Balaban J connectivity index is 2.19. The Bertz CT molecular complexity index is 129. The van der Waals surface area contributed by atoms with Crippen LogP contribution in [0.1, 0.15) is 33.1 Å². The highest BCUT2D eigenvalue weighted by Crippen LogP contribution is 2.29. The first kappa shape index (κ1) is 7.58. The minimum Gasteiger partial charge on any atom is -0.354 e. The van der Waals surface area contributed by atoms with E-state index in [9.17, 15) is 4.79 Å². The summed E-state index contributed by atoms with van der Waals surface area (Å²) in [7, 11) is 0. The molecule has 1 rings (SSSR count). The van der Waals surface area contributed by atoms with Crippen LogP contribution in [0, 0.1) is 5.92 Å². The summed E-state index contributed by atoms with van der Waals surface area (Å²) in [5.41, 5.74) is 0. The molecule has 2 heteroatoms. The lowest BCUT2D eigenvalue weighted by Crippen LogP contribution is -2.39. The van der Waals surface area contributed by atoms with Crippen LogP contribution >= 0.6 is 0 Å². The molecule has 58 valence electrons. The summed E-state index contributed by atoms with van der Waals surface area (Å²) in [5.74, 6) is 0.850. The molecule has 1 aliphatic carbocycles. The predicted octanol–water partition coefficient (Wildman–Crippen LogP) is 1.31. The topological polar surface area (TPSA) is 29.1 Å². The Hall–Kier alpha value is -0.530. The normalized spacial score (nSPS) is 21.4. The highest BCUT2D eigenvalue weighted by atomic mass is 16.1. The fraction of sp³-hybridized carbons (Fsp3) is 0.875. The maximum absolute atomic E-state index is 10.6. The van der Waals surface area contributed by atoms with Gasteiger partial charge in [-0.2, -0.15) is 0 Å². The zero-order valence-electron chi connectivity index (χ0n) is 6.68. The molecule has 0 saturated heterocycles. The maximum atomic E-state index is 10.6. The van der Waals surface area contributed by atoms with Crippen LogP contribution in [0.25, 0.3) is 0 Å². The van der Waals surface area contributed by atoms with E-state index in [1.54, 1.807) is 6.92 Å². The molecule has 0 bridgehead atoms. The van der Waals surface area contributed by atoms with Crippen molar-refractivity contribution in [1.29, 1.82) is 0 Å². The van der Waals surface area contributed by atoms with Crippen molar-refractivity contribution in [2.45, 2.75) is 39.2 Å². The van der Waals surface area contributed by atoms with Gasteiger partial charge in [0, 0.05) is 13.0 Å². The van der Waals surface area contributed by atoms with Crippen molar-refractivity contribution in [2.24, 2.45) is 5.92 Å². The van der Waals surface area contributed by atoms with E-state index in [4.69, 9.17) is 0 Å². The van der Waals surface area contributed by atoms with Gasteiger partial charge in [0.15, 0.2) is 0 Å². The van der Waals surface area contributed by atoms with Crippen molar-refractivity contribution in [3.63, 3.8) is 0 Å². The van der Waals surface area contributed by atoms with E-state index < -0.39 is 0 Å². The summed E-state index contributed by atoms with van der Waals surface area (Å²) in [6, 6.07) is 0.395. The lowest BCUT2D eigenvalue weighted by molar-refractivity contribution is -0.120. The molecule has 0 aromatic rings. The van der Waals surface area contributed by atoms with E-state index in [0.717, 1.165) is 5.92 Å². The number of hydrogen-bond donors (Lipinski definition) is 1. The summed E-state index contributed by atoms with van der Waals surface area (Å²) in [6.45, 7) is 3.67. The van der Waals surface area contributed by atoms with Crippen LogP contribution in [0.15, 0.2) is 0 Å². The van der Waals surface area contributed by atoms with E-state index >= 15 is 0 Å². The molecule has 0 aromatic carbocycles. The molecule has 10 heavy (non-hydrogen) atoms. The molecule has 0 aromatic heterocycles. The van der Waals surface area contributed by atoms with Gasteiger partial charge >= 0.3 is 0 Å². The van der Waals surface area contributed by atoms with Crippen molar-refractivity contribution >= 4 is 5.91 Å².